The lowest BCUT2D eigenvalue weighted by atomic mass is 10.3. The lowest BCUT2D eigenvalue weighted by Gasteiger charge is -2.17. The van der Waals surface area contributed by atoms with Crippen LogP contribution >= 0.6 is 11.3 Å². The second kappa shape index (κ2) is 7.04. The van der Waals surface area contributed by atoms with E-state index < -0.39 is 5.82 Å². The Morgan fingerprint density at radius 3 is 3.13 bits per heavy atom. The monoisotopic (exact) mass is 335 g/mol. The minimum absolute atomic E-state index is 0.0191. The molecule has 5 nitrogen and oxygen atoms in total. The number of aryl methyl sites for hydroxylation is 1. The maximum Gasteiger partial charge on any atom is 0.254 e. The first-order valence-electron chi connectivity index (χ1n) is 7.63. The van der Waals surface area contributed by atoms with Gasteiger partial charge in [-0.25, -0.2) is 4.98 Å². The van der Waals surface area contributed by atoms with Gasteiger partial charge in [-0.2, -0.15) is 9.37 Å². The van der Waals surface area contributed by atoms with Crippen LogP contribution in [-0.4, -0.2) is 40.0 Å². The Kier molecular flexibility index (Phi) is 4.85. The van der Waals surface area contributed by atoms with E-state index >= 15 is 0 Å². The third kappa shape index (κ3) is 3.67. The molecular formula is C16H18FN3O2S. The van der Waals surface area contributed by atoms with Gasteiger partial charge in [-0.3, -0.25) is 4.79 Å². The molecule has 2 aromatic heterocycles. The third-order valence-corrected chi connectivity index (χ3v) is 4.72. The van der Waals surface area contributed by atoms with Crippen LogP contribution in [0.15, 0.2) is 23.8 Å². The van der Waals surface area contributed by atoms with Gasteiger partial charge < -0.3 is 9.64 Å². The highest BCUT2D eigenvalue weighted by Gasteiger charge is 2.29. The van der Waals surface area contributed by atoms with Gasteiger partial charge in [0.25, 0.3) is 5.88 Å². The summed E-state index contributed by atoms with van der Waals surface area (Å²) in [5, 5.41) is 1.96. The zero-order valence-electron chi connectivity index (χ0n) is 12.9. The SMILES string of the molecule is CCc1ncnc(O[C@H]2CCN(C(=O)Cc3cccs3)C2)c1F. The van der Waals surface area contributed by atoms with Crippen molar-refractivity contribution in [2.24, 2.45) is 0 Å². The molecular weight excluding hydrogens is 317 g/mol. The Bertz CT molecular complexity index is 678. The summed E-state index contributed by atoms with van der Waals surface area (Å²) >= 11 is 1.57. The van der Waals surface area contributed by atoms with Gasteiger partial charge in [-0.1, -0.05) is 13.0 Å². The second-order valence-corrected chi connectivity index (χ2v) is 6.45. The van der Waals surface area contributed by atoms with E-state index in [1.165, 1.54) is 6.33 Å². The Hall–Kier alpha value is -2.02. The highest BCUT2D eigenvalue weighted by Crippen LogP contribution is 2.21. The van der Waals surface area contributed by atoms with Crippen molar-refractivity contribution in [3.63, 3.8) is 0 Å². The summed E-state index contributed by atoms with van der Waals surface area (Å²) in [5.41, 5.74) is 0.346. The van der Waals surface area contributed by atoms with Gasteiger partial charge in [0.2, 0.25) is 11.7 Å². The van der Waals surface area contributed by atoms with Crippen LogP contribution < -0.4 is 4.74 Å². The van der Waals surface area contributed by atoms with E-state index in [9.17, 15) is 9.18 Å². The fourth-order valence-corrected chi connectivity index (χ4v) is 3.30. The van der Waals surface area contributed by atoms with Crippen molar-refractivity contribution in [1.29, 1.82) is 0 Å². The van der Waals surface area contributed by atoms with E-state index in [0.29, 0.717) is 38.0 Å². The van der Waals surface area contributed by atoms with Crippen LogP contribution in [0.4, 0.5) is 4.39 Å². The average molecular weight is 335 g/mol. The minimum Gasteiger partial charge on any atom is -0.470 e. The van der Waals surface area contributed by atoms with E-state index in [0.717, 1.165) is 4.88 Å². The molecule has 0 spiro atoms. The zero-order valence-corrected chi connectivity index (χ0v) is 13.7. The van der Waals surface area contributed by atoms with Gasteiger partial charge in [-0.05, 0) is 17.9 Å². The van der Waals surface area contributed by atoms with Crippen LogP contribution in [0.3, 0.4) is 0 Å². The van der Waals surface area contributed by atoms with Gasteiger partial charge in [0, 0.05) is 17.8 Å². The number of halogens is 1. The van der Waals surface area contributed by atoms with Crippen LogP contribution in [0.2, 0.25) is 0 Å². The van der Waals surface area contributed by atoms with Gasteiger partial charge >= 0.3 is 0 Å². The minimum atomic E-state index is -0.502. The number of carbonyl (C=O) groups excluding carboxylic acids is 1. The molecule has 1 amide bonds. The number of likely N-dealkylation sites (tertiary alicyclic amines) is 1. The van der Waals surface area contributed by atoms with Gasteiger partial charge in [0.05, 0.1) is 18.7 Å². The summed E-state index contributed by atoms with van der Waals surface area (Å²) in [6, 6.07) is 3.89. The maximum absolute atomic E-state index is 14.1. The molecule has 0 unspecified atom stereocenters. The Balaban J connectivity index is 1.59. The molecule has 0 N–H and O–H groups in total. The Morgan fingerprint density at radius 2 is 2.39 bits per heavy atom. The summed E-state index contributed by atoms with van der Waals surface area (Å²) < 4.78 is 19.8. The lowest BCUT2D eigenvalue weighted by Crippen LogP contribution is -2.32. The summed E-state index contributed by atoms with van der Waals surface area (Å²) in [5.74, 6) is -0.441. The number of thiophene rings is 1. The van der Waals surface area contributed by atoms with Crippen molar-refractivity contribution in [2.75, 3.05) is 13.1 Å². The number of rotatable bonds is 5. The largest absolute Gasteiger partial charge is 0.470 e. The highest BCUT2D eigenvalue weighted by atomic mass is 32.1. The topological polar surface area (TPSA) is 55.3 Å². The van der Waals surface area contributed by atoms with Crippen molar-refractivity contribution in [1.82, 2.24) is 14.9 Å². The number of nitrogens with zero attached hydrogens (tertiary/aromatic N) is 3. The maximum atomic E-state index is 14.1. The number of aromatic nitrogens is 2. The second-order valence-electron chi connectivity index (χ2n) is 5.42. The summed E-state index contributed by atoms with van der Waals surface area (Å²) in [6.45, 7) is 2.92. The number of ether oxygens (including phenoxy) is 1. The number of amides is 1. The van der Waals surface area contributed by atoms with Crippen LogP contribution in [0.1, 0.15) is 23.9 Å². The van der Waals surface area contributed by atoms with Gasteiger partial charge in [-0.15, -0.1) is 11.3 Å². The average Bonchev–Trinajstić information content (AvgIpc) is 3.21. The van der Waals surface area contributed by atoms with E-state index in [1.54, 1.807) is 16.2 Å². The van der Waals surface area contributed by atoms with Gasteiger partial charge in [0.15, 0.2) is 0 Å². The molecule has 3 heterocycles. The first kappa shape index (κ1) is 15.9. The molecule has 0 aliphatic carbocycles. The van der Waals surface area contributed by atoms with Crippen LogP contribution in [0.25, 0.3) is 0 Å². The standard InChI is InChI=1S/C16H18FN3O2S/c1-2-13-15(17)16(19-10-18-13)22-11-5-6-20(9-11)14(21)8-12-4-3-7-23-12/h3-4,7,10-11H,2,5-6,8-9H2,1H3/t11-/m0/s1. The molecule has 1 aliphatic heterocycles. The fourth-order valence-electron chi connectivity index (χ4n) is 2.60. The molecule has 0 aromatic carbocycles. The van der Waals surface area contributed by atoms with Crippen LogP contribution in [-0.2, 0) is 17.6 Å². The molecule has 3 rings (SSSR count). The highest BCUT2D eigenvalue weighted by molar-refractivity contribution is 7.10. The predicted octanol–water partition coefficient (Wildman–Crippen LogP) is 2.46. The molecule has 1 saturated heterocycles. The van der Waals surface area contributed by atoms with E-state index in [1.807, 2.05) is 24.4 Å². The zero-order chi connectivity index (χ0) is 16.2. The molecule has 1 atom stereocenters. The lowest BCUT2D eigenvalue weighted by molar-refractivity contribution is -0.129. The van der Waals surface area contributed by atoms with Crippen LogP contribution in [0.5, 0.6) is 5.88 Å². The van der Waals surface area contributed by atoms with Crippen molar-refractivity contribution >= 4 is 17.2 Å². The summed E-state index contributed by atoms with van der Waals surface area (Å²) in [7, 11) is 0. The van der Waals surface area contributed by atoms with Crippen molar-refractivity contribution in [2.45, 2.75) is 32.3 Å². The first-order chi connectivity index (χ1) is 11.2. The summed E-state index contributed by atoms with van der Waals surface area (Å²) in [6.07, 6.45) is 2.66. The van der Waals surface area contributed by atoms with Crippen molar-refractivity contribution in [3.05, 3.63) is 40.2 Å². The number of hydrogen-bond donors (Lipinski definition) is 0. The van der Waals surface area contributed by atoms with Crippen molar-refractivity contribution < 1.29 is 13.9 Å². The number of hydrogen-bond acceptors (Lipinski definition) is 5. The molecule has 0 bridgehead atoms. The number of carbonyl (C=O) groups is 1. The van der Waals surface area contributed by atoms with Gasteiger partial charge in [0.1, 0.15) is 12.4 Å². The molecule has 1 aliphatic rings. The molecule has 1 fully saturated rings. The smallest absolute Gasteiger partial charge is 0.254 e. The molecule has 23 heavy (non-hydrogen) atoms. The predicted molar refractivity (Wildman–Crippen MR) is 85.0 cm³/mol. The molecule has 7 heteroatoms. The van der Waals surface area contributed by atoms with Crippen molar-refractivity contribution in [3.8, 4) is 5.88 Å². The fraction of sp³-hybridized carbons (Fsp3) is 0.438. The molecule has 122 valence electrons. The van der Waals surface area contributed by atoms with E-state index in [-0.39, 0.29) is 17.9 Å². The molecule has 2 aromatic rings. The molecule has 0 radical (unpaired) electrons. The Morgan fingerprint density at radius 1 is 1.52 bits per heavy atom. The quantitative estimate of drug-likeness (QED) is 0.842. The first-order valence-corrected chi connectivity index (χ1v) is 8.51. The normalized spacial score (nSPS) is 17.5. The van der Waals surface area contributed by atoms with E-state index in [2.05, 4.69) is 9.97 Å². The molecule has 0 saturated carbocycles. The summed E-state index contributed by atoms with van der Waals surface area (Å²) in [4.78, 5) is 22.8. The van der Waals surface area contributed by atoms with Crippen LogP contribution in [0, 0.1) is 5.82 Å². The third-order valence-electron chi connectivity index (χ3n) is 3.85. The Labute approximate surface area is 138 Å². The van der Waals surface area contributed by atoms with E-state index in [4.69, 9.17) is 4.74 Å².